The van der Waals surface area contributed by atoms with E-state index in [1.54, 1.807) is 12.1 Å². The van der Waals surface area contributed by atoms with Gasteiger partial charge in [0.05, 0.1) is 5.69 Å². The van der Waals surface area contributed by atoms with Gasteiger partial charge in [-0.25, -0.2) is 4.39 Å². The molecule has 3 aromatic rings. The summed E-state index contributed by atoms with van der Waals surface area (Å²) in [5.74, 6) is 0.723. The first kappa shape index (κ1) is 20.1. The maximum atomic E-state index is 13.1. The number of nitrogens with one attached hydrogen (secondary N) is 2. The van der Waals surface area contributed by atoms with Crippen molar-refractivity contribution in [2.75, 3.05) is 18.0 Å². The van der Waals surface area contributed by atoms with E-state index in [4.69, 9.17) is 0 Å². The van der Waals surface area contributed by atoms with Crippen LogP contribution in [0.2, 0.25) is 0 Å². The monoisotopic (exact) mass is 406 g/mol. The van der Waals surface area contributed by atoms with Gasteiger partial charge in [-0.2, -0.15) is 5.10 Å². The third-order valence-electron chi connectivity index (χ3n) is 5.54. The minimum Gasteiger partial charge on any atom is -0.353 e. The highest BCUT2D eigenvalue weighted by atomic mass is 19.1. The van der Waals surface area contributed by atoms with Crippen molar-refractivity contribution >= 4 is 11.7 Å². The van der Waals surface area contributed by atoms with E-state index in [-0.39, 0.29) is 17.8 Å². The molecule has 0 spiro atoms. The Morgan fingerprint density at radius 3 is 2.77 bits per heavy atom. The quantitative estimate of drug-likeness (QED) is 0.614. The zero-order valence-electron chi connectivity index (χ0n) is 17.0. The number of nitrogens with zero attached hydrogens (tertiary/aromatic N) is 2. The van der Waals surface area contributed by atoms with Crippen molar-refractivity contribution in [3.05, 3.63) is 72.0 Å². The molecule has 6 heteroatoms. The third kappa shape index (κ3) is 5.26. The number of hydrogen-bond acceptors (Lipinski definition) is 3. The minimum atomic E-state index is -0.253. The molecule has 4 rings (SSSR count). The average Bonchev–Trinajstić information content (AvgIpc) is 3.26. The van der Waals surface area contributed by atoms with Gasteiger partial charge in [0.25, 0.3) is 0 Å². The molecule has 2 N–H and O–H groups in total. The molecular formula is C24H27FN4O. The number of piperidine rings is 1. The Bertz CT molecular complexity index is 955. The molecule has 0 unspecified atom stereocenters. The standard InChI is InChI=1S/C24H27FN4O/c25-20-13-11-19(12-14-20)22-16-23(28-27-22)29-15-5-9-21(17-29)26-24(30)10-4-8-18-6-2-1-3-7-18/h1-3,6-7,11-14,16,21H,4-5,8-10,15,17H2,(H,26,30)(H,27,28)/t21-/m1/s1. The number of aromatic amines is 1. The van der Waals surface area contributed by atoms with E-state index in [1.807, 2.05) is 24.3 Å². The van der Waals surface area contributed by atoms with Crippen LogP contribution in [0.4, 0.5) is 10.2 Å². The maximum absolute atomic E-state index is 13.1. The van der Waals surface area contributed by atoms with Crippen molar-refractivity contribution in [1.82, 2.24) is 15.5 Å². The smallest absolute Gasteiger partial charge is 0.220 e. The van der Waals surface area contributed by atoms with E-state index >= 15 is 0 Å². The van der Waals surface area contributed by atoms with E-state index in [1.165, 1.54) is 17.7 Å². The van der Waals surface area contributed by atoms with Gasteiger partial charge in [0.15, 0.2) is 5.82 Å². The van der Waals surface area contributed by atoms with E-state index < -0.39 is 0 Å². The Labute approximate surface area is 176 Å². The predicted octanol–water partition coefficient (Wildman–Crippen LogP) is 4.32. The molecule has 0 radical (unpaired) electrons. The summed E-state index contributed by atoms with van der Waals surface area (Å²) in [6.07, 6.45) is 4.31. The first-order valence-electron chi connectivity index (χ1n) is 10.6. The number of amides is 1. The SMILES string of the molecule is O=C(CCCc1ccccc1)N[C@@H]1CCCN(c2cc(-c3ccc(F)cc3)[nH]n2)C1. The number of aryl methyl sites for hydroxylation is 1. The summed E-state index contributed by atoms with van der Waals surface area (Å²) in [5, 5.41) is 10.7. The van der Waals surface area contributed by atoms with Crippen LogP contribution in [0.1, 0.15) is 31.2 Å². The van der Waals surface area contributed by atoms with Crippen LogP contribution in [-0.4, -0.2) is 35.2 Å². The Morgan fingerprint density at radius 1 is 1.17 bits per heavy atom. The molecule has 2 heterocycles. The topological polar surface area (TPSA) is 61.0 Å². The molecule has 30 heavy (non-hydrogen) atoms. The second kappa shape index (κ2) is 9.57. The van der Waals surface area contributed by atoms with Gasteiger partial charge >= 0.3 is 0 Å². The summed E-state index contributed by atoms with van der Waals surface area (Å²) >= 11 is 0. The van der Waals surface area contributed by atoms with Gasteiger partial charge in [0, 0.05) is 31.6 Å². The van der Waals surface area contributed by atoms with Crippen molar-refractivity contribution < 1.29 is 9.18 Å². The van der Waals surface area contributed by atoms with Gasteiger partial charge in [0.1, 0.15) is 5.82 Å². The number of carbonyl (C=O) groups is 1. The van der Waals surface area contributed by atoms with Gasteiger partial charge in [-0.1, -0.05) is 30.3 Å². The molecule has 1 saturated heterocycles. The summed E-state index contributed by atoms with van der Waals surface area (Å²) in [6, 6.07) is 18.7. The molecule has 1 fully saturated rings. The van der Waals surface area contributed by atoms with Gasteiger partial charge < -0.3 is 10.2 Å². The van der Waals surface area contributed by atoms with Gasteiger partial charge in [-0.15, -0.1) is 0 Å². The van der Waals surface area contributed by atoms with Crippen LogP contribution in [0.5, 0.6) is 0 Å². The summed E-state index contributed by atoms with van der Waals surface area (Å²) in [7, 11) is 0. The molecule has 0 saturated carbocycles. The van der Waals surface area contributed by atoms with E-state index in [9.17, 15) is 9.18 Å². The highest BCUT2D eigenvalue weighted by molar-refractivity contribution is 5.76. The van der Waals surface area contributed by atoms with Gasteiger partial charge in [-0.3, -0.25) is 9.89 Å². The summed E-state index contributed by atoms with van der Waals surface area (Å²) < 4.78 is 13.1. The highest BCUT2D eigenvalue weighted by Gasteiger charge is 2.23. The van der Waals surface area contributed by atoms with Crippen LogP contribution in [0.15, 0.2) is 60.7 Å². The highest BCUT2D eigenvalue weighted by Crippen LogP contribution is 2.24. The van der Waals surface area contributed by atoms with E-state index in [0.717, 1.165) is 55.8 Å². The predicted molar refractivity (Wildman–Crippen MR) is 117 cm³/mol. The summed E-state index contributed by atoms with van der Waals surface area (Å²) in [6.45, 7) is 1.66. The molecule has 2 aromatic carbocycles. The average molecular weight is 407 g/mol. The maximum Gasteiger partial charge on any atom is 0.220 e. The van der Waals surface area contributed by atoms with Crippen molar-refractivity contribution in [3.63, 3.8) is 0 Å². The lowest BCUT2D eigenvalue weighted by molar-refractivity contribution is -0.121. The number of benzene rings is 2. The Hall–Kier alpha value is -3.15. The first-order valence-corrected chi connectivity index (χ1v) is 10.6. The fourth-order valence-electron chi connectivity index (χ4n) is 3.95. The number of halogens is 1. The van der Waals surface area contributed by atoms with Crippen LogP contribution < -0.4 is 10.2 Å². The van der Waals surface area contributed by atoms with Crippen LogP contribution in [-0.2, 0) is 11.2 Å². The van der Waals surface area contributed by atoms with Crippen LogP contribution in [0, 0.1) is 5.82 Å². The number of hydrogen-bond donors (Lipinski definition) is 2. The van der Waals surface area contributed by atoms with E-state index in [2.05, 4.69) is 32.5 Å². The zero-order chi connectivity index (χ0) is 20.8. The molecule has 1 aromatic heterocycles. The molecule has 1 atom stereocenters. The molecule has 156 valence electrons. The first-order chi connectivity index (χ1) is 14.7. The summed E-state index contributed by atoms with van der Waals surface area (Å²) in [4.78, 5) is 14.6. The molecule has 1 aliphatic rings. The molecule has 0 aliphatic carbocycles. The van der Waals surface area contributed by atoms with Gasteiger partial charge in [-0.05, 0) is 61.1 Å². The number of aromatic nitrogens is 2. The lowest BCUT2D eigenvalue weighted by atomic mass is 10.0. The lowest BCUT2D eigenvalue weighted by Crippen LogP contribution is -2.48. The lowest BCUT2D eigenvalue weighted by Gasteiger charge is -2.33. The van der Waals surface area contributed by atoms with Crippen LogP contribution >= 0.6 is 0 Å². The number of H-pyrrole nitrogens is 1. The van der Waals surface area contributed by atoms with Crippen molar-refractivity contribution in [2.24, 2.45) is 0 Å². The number of rotatable bonds is 7. The molecule has 0 bridgehead atoms. The van der Waals surface area contributed by atoms with Crippen LogP contribution in [0.25, 0.3) is 11.3 Å². The van der Waals surface area contributed by atoms with Crippen LogP contribution in [0.3, 0.4) is 0 Å². The molecule has 1 aliphatic heterocycles. The number of anilines is 1. The second-order valence-corrected chi connectivity index (χ2v) is 7.84. The second-order valence-electron chi connectivity index (χ2n) is 7.84. The largest absolute Gasteiger partial charge is 0.353 e. The third-order valence-corrected chi connectivity index (χ3v) is 5.54. The van der Waals surface area contributed by atoms with E-state index in [0.29, 0.717) is 6.42 Å². The molecule has 1 amide bonds. The molecule has 5 nitrogen and oxygen atoms in total. The number of carbonyl (C=O) groups excluding carboxylic acids is 1. The molecular weight excluding hydrogens is 379 g/mol. The Balaban J connectivity index is 1.28. The van der Waals surface area contributed by atoms with Gasteiger partial charge in [0.2, 0.25) is 5.91 Å². The summed E-state index contributed by atoms with van der Waals surface area (Å²) in [5.41, 5.74) is 3.03. The normalized spacial score (nSPS) is 16.4. The Morgan fingerprint density at radius 2 is 1.97 bits per heavy atom. The zero-order valence-corrected chi connectivity index (χ0v) is 17.0. The minimum absolute atomic E-state index is 0.117. The fourth-order valence-corrected chi connectivity index (χ4v) is 3.95. The Kier molecular flexibility index (Phi) is 6.42. The fraction of sp³-hybridized carbons (Fsp3) is 0.333. The van der Waals surface area contributed by atoms with Crippen molar-refractivity contribution in [3.8, 4) is 11.3 Å². The van der Waals surface area contributed by atoms with Crippen molar-refractivity contribution in [1.29, 1.82) is 0 Å². The van der Waals surface area contributed by atoms with Crippen molar-refractivity contribution in [2.45, 2.75) is 38.1 Å².